The van der Waals surface area contributed by atoms with Crippen molar-refractivity contribution in [2.24, 2.45) is 0 Å². The van der Waals surface area contributed by atoms with E-state index in [4.69, 9.17) is 37.4 Å². The molecule has 7 heteroatoms. The minimum Gasteiger partial charge on any atom is -0.494 e. The van der Waals surface area contributed by atoms with Gasteiger partial charge in [0.2, 0.25) is 0 Å². The lowest BCUT2D eigenvalue weighted by Gasteiger charge is -2.42. The summed E-state index contributed by atoms with van der Waals surface area (Å²) in [7, 11) is 4.80. The van der Waals surface area contributed by atoms with Gasteiger partial charge in [-0.15, -0.1) is 0 Å². The van der Waals surface area contributed by atoms with E-state index in [1.165, 1.54) is 12.7 Å². The van der Waals surface area contributed by atoms with Crippen molar-refractivity contribution in [1.29, 1.82) is 0 Å². The van der Waals surface area contributed by atoms with Crippen molar-refractivity contribution in [1.82, 2.24) is 4.90 Å². The highest BCUT2D eigenvalue weighted by atomic mass is 35.5. The SMILES string of the molecule is COc1cc2c3c(c1OC)-c1ccccc1C[C@H]3N(C(=O)c1cc(Cl)c(OC)c(Cl)c1)CC2. The first-order valence-corrected chi connectivity index (χ1v) is 11.4. The predicted molar refractivity (Wildman–Crippen MR) is 129 cm³/mol. The lowest BCUT2D eigenvalue weighted by molar-refractivity contribution is 0.0658. The number of nitrogens with zero attached hydrogens (tertiary/aromatic N) is 1. The van der Waals surface area contributed by atoms with E-state index in [1.807, 2.05) is 23.1 Å². The molecule has 0 radical (unpaired) electrons. The van der Waals surface area contributed by atoms with Crippen molar-refractivity contribution in [2.45, 2.75) is 18.9 Å². The van der Waals surface area contributed by atoms with E-state index in [2.05, 4.69) is 12.1 Å². The Kier molecular flexibility index (Phi) is 5.63. The van der Waals surface area contributed by atoms with Gasteiger partial charge < -0.3 is 19.1 Å². The van der Waals surface area contributed by atoms with Crippen LogP contribution in [0.5, 0.6) is 17.2 Å². The number of carbonyl (C=O) groups excluding carboxylic acids is 1. The van der Waals surface area contributed by atoms with Crippen LogP contribution in [0.4, 0.5) is 0 Å². The Morgan fingerprint density at radius 3 is 2.30 bits per heavy atom. The van der Waals surface area contributed by atoms with E-state index in [1.54, 1.807) is 26.4 Å². The summed E-state index contributed by atoms with van der Waals surface area (Å²) in [5, 5.41) is 0.624. The van der Waals surface area contributed by atoms with Gasteiger partial charge in [-0.2, -0.15) is 0 Å². The maximum Gasteiger partial charge on any atom is 0.254 e. The highest BCUT2D eigenvalue weighted by Gasteiger charge is 2.39. The topological polar surface area (TPSA) is 48.0 Å². The van der Waals surface area contributed by atoms with Crippen LogP contribution in [0.2, 0.25) is 10.0 Å². The lowest BCUT2D eigenvalue weighted by Crippen LogP contribution is -2.42. The number of hydrogen-bond donors (Lipinski definition) is 0. The molecule has 0 bridgehead atoms. The standard InChI is InChI=1S/C26H23Cl2NO4/c1-31-21-13-15-8-9-29(26(30)16-10-18(27)24(32-2)19(28)11-16)20-12-14-6-4-5-7-17(14)23(22(15)20)25(21)33-3/h4-7,10-11,13,20H,8-9,12H2,1-3H3/t20-/m1/s1. The van der Waals surface area contributed by atoms with Crippen LogP contribution in [-0.2, 0) is 12.8 Å². The number of halogens is 2. The molecule has 0 N–H and O–H groups in total. The largest absolute Gasteiger partial charge is 0.494 e. The molecule has 1 aliphatic carbocycles. The van der Waals surface area contributed by atoms with Crippen LogP contribution in [0.25, 0.3) is 11.1 Å². The van der Waals surface area contributed by atoms with Crippen molar-refractivity contribution in [3.05, 3.63) is 74.8 Å². The Balaban J connectivity index is 1.66. The second-order valence-electron chi connectivity index (χ2n) is 8.16. The zero-order valence-electron chi connectivity index (χ0n) is 18.6. The molecule has 1 atom stereocenters. The summed E-state index contributed by atoms with van der Waals surface area (Å²) in [5.74, 6) is 1.65. The quantitative estimate of drug-likeness (QED) is 0.457. The summed E-state index contributed by atoms with van der Waals surface area (Å²) in [5.41, 5.74) is 6.02. The van der Waals surface area contributed by atoms with Crippen LogP contribution < -0.4 is 14.2 Å². The Morgan fingerprint density at radius 1 is 0.939 bits per heavy atom. The van der Waals surface area contributed by atoms with E-state index in [-0.39, 0.29) is 11.9 Å². The van der Waals surface area contributed by atoms with Gasteiger partial charge >= 0.3 is 0 Å². The van der Waals surface area contributed by atoms with E-state index in [0.29, 0.717) is 45.8 Å². The molecule has 1 heterocycles. The Bertz CT molecular complexity index is 1250. The first-order chi connectivity index (χ1) is 16.0. The van der Waals surface area contributed by atoms with Crippen LogP contribution in [0, 0.1) is 0 Å². The predicted octanol–water partition coefficient (Wildman–Crippen LogP) is 5.98. The third-order valence-corrected chi connectivity index (χ3v) is 7.10. The number of hydrogen-bond acceptors (Lipinski definition) is 4. The molecule has 0 aromatic heterocycles. The monoisotopic (exact) mass is 483 g/mol. The molecule has 0 unspecified atom stereocenters. The Hall–Kier alpha value is -2.89. The Labute approximate surface area is 202 Å². The molecule has 33 heavy (non-hydrogen) atoms. The average molecular weight is 484 g/mol. The van der Waals surface area contributed by atoms with Crippen molar-refractivity contribution < 1.29 is 19.0 Å². The molecule has 0 saturated heterocycles. The fraction of sp³-hybridized carbons (Fsp3) is 0.269. The summed E-state index contributed by atoms with van der Waals surface area (Å²) in [6.45, 7) is 0.578. The van der Waals surface area contributed by atoms with Crippen molar-refractivity contribution in [2.75, 3.05) is 27.9 Å². The Morgan fingerprint density at radius 2 is 1.64 bits per heavy atom. The lowest BCUT2D eigenvalue weighted by atomic mass is 9.76. The highest BCUT2D eigenvalue weighted by molar-refractivity contribution is 6.37. The number of carbonyl (C=O) groups is 1. The van der Waals surface area contributed by atoms with Gasteiger partial charge in [0.15, 0.2) is 17.2 Å². The summed E-state index contributed by atoms with van der Waals surface area (Å²) < 4.78 is 16.7. The smallest absolute Gasteiger partial charge is 0.254 e. The number of ether oxygens (including phenoxy) is 3. The molecule has 5 rings (SSSR count). The summed E-state index contributed by atoms with van der Waals surface area (Å²) >= 11 is 12.7. The third kappa shape index (κ3) is 3.42. The molecule has 2 aliphatic rings. The fourth-order valence-electron chi connectivity index (χ4n) is 5.12. The van der Waals surface area contributed by atoms with E-state index in [0.717, 1.165) is 28.7 Å². The first kappa shape index (κ1) is 21.9. The molecule has 3 aromatic carbocycles. The maximum atomic E-state index is 13.7. The van der Waals surface area contributed by atoms with Gasteiger partial charge in [-0.05, 0) is 53.3 Å². The molecular weight excluding hydrogens is 461 g/mol. The van der Waals surface area contributed by atoms with Gasteiger partial charge in [-0.1, -0.05) is 47.5 Å². The number of rotatable bonds is 4. The summed E-state index contributed by atoms with van der Waals surface area (Å²) in [6, 6.07) is 13.4. The molecule has 1 amide bonds. The van der Waals surface area contributed by atoms with E-state index in [9.17, 15) is 4.79 Å². The summed E-state index contributed by atoms with van der Waals surface area (Å²) in [6.07, 6.45) is 1.43. The number of fused-ring (bicyclic) bond motifs is 2. The number of methoxy groups -OCH3 is 3. The van der Waals surface area contributed by atoms with Crippen LogP contribution in [0.15, 0.2) is 42.5 Å². The van der Waals surface area contributed by atoms with E-state index >= 15 is 0 Å². The number of amides is 1. The van der Waals surface area contributed by atoms with Gasteiger partial charge in [0.1, 0.15) is 0 Å². The summed E-state index contributed by atoms with van der Waals surface area (Å²) in [4.78, 5) is 15.6. The van der Waals surface area contributed by atoms with Crippen molar-refractivity contribution in [3.63, 3.8) is 0 Å². The second kappa shape index (κ2) is 8.47. The van der Waals surface area contributed by atoms with E-state index < -0.39 is 0 Å². The van der Waals surface area contributed by atoms with Gasteiger partial charge in [0, 0.05) is 17.7 Å². The highest BCUT2D eigenvalue weighted by Crippen LogP contribution is 2.52. The van der Waals surface area contributed by atoms with Crippen LogP contribution in [0.1, 0.15) is 33.1 Å². The van der Waals surface area contributed by atoms with Crippen molar-refractivity contribution >= 4 is 29.1 Å². The third-order valence-electron chi connectivity index (χ3n) is 6.54. The van der Waals surface area contributed by atoms with Gasteiger partial charge in [0.05, 0.1) is 37.4 Å². The second-order valence-corrected chi connectivity index (χ2v) is 8.97. The molecule has 0 spiro atoms. The molecule has 5 nitrogen and oxygen atoms in total. The molecule has 3 aromatic rings. The molecule has 0 fully saturated rings. The number of benzene rings is 3. The zero-order valence-corrected chi connectivity index (χ0v) is 20.1. The normalized spacial score (nSPS) is 16.0. The fourth-order valence-corrected chi connectivity index (χ4v) is 5.76. The minimum atomic E-state index is -0.134. The molecular formula is C26H23Cl2NO4. The average Bonchev–Trinajstić information content (AvgIpc) is 2.83. The van der Waals surface area contributed by atoms with Crippen LogP contribution >= 0.6 is 23.2 Å². The zero-order chi connectivity index (χ0) is 23.3. The molecule has 0 saturated carbocycles. The van der Waals surface area contributed by atoms with Gasteiger partial charge in [0.25, 0.3) is 5.91 Å². The maximum absolute atomic E-state index is 13.7. The molecule has 1 aliphatic heterocycles. The molecule has 170 valence electrons. The van der Waals surface area contributed by atoms with Crippen LogP contribution in [0.3, 0.4) is 0 Å². The van der Waals surface area contributed by atoms with Gasteiger partial charge in [-0.25, -0.2) is 0 Å². The first-order valence-electron chi connectivity index (χ1n) is 10.7. The van der Waals surface area contributed by atoms with Crippen molar-refractivity contribution in [3.8, 4) is 28.4 Å². The van der Waals surface area contributed by atoms with Gasteiger partial charge in [-0.3, -0.25) is 4.79 Å². The van der Waals surface area contributed by atoms with Crippen LogP contribution in [-0.4, -0.2) is 38.7 Å². The minimum absolute atomic E-state index is 0.114.